The predicted octanol–water partition coefficient (Wildman–Crippen LogP) is 5.01. The van der Waals surface area contributed by atoms with Gasteiger partial charge in [-0.3, -0.25) is 0 Å². The van der Waals surface area contributed by atoms with Crippen molar-refractivity contribution in [3.05, 3.63) is 43.4 Å². The largest absolute Gasteiger partial charge is 0.360 e. The second-order valence-corrected chi connectivity index (χ2v) is 8.68. The number of aromatic nitrogens is 4. The average molecular weight is 395 g/mol. The number of hydrogen-bond donors (Lipinski definition) is 2. The monoisotopic (exact) mass is 394 g/mol. The third-order valence-corrected chi connectivity index (χ3v) is 5.93. The number of anilines is 2. The molecular formula is C16H19ClN6S2. The average Bonchev–Trinajstić information content (AvgIpc) is 3.19. The molecule has 132 valence electrons. The van der Waals surface area contributed by atoms with Gasteiger partial charge in [-0.1, -0.05) is 11.6 Å². The first-order valence-electron chi connectivity index (χ1n) is 7.82. The van der Waals surface area contributed by atoms with Crippen molar-refractivity contribution in [3.8, 4) is 0 Å². The first-order valence-corrected chi connectivity index (χ1v) is 9.83. The highest BCUT2D eigenvalue weighted by molar-refractivity contribution is 7.11. The van der Waals surface area contributed by atoms with Crippen LogP contribution in [0.3, 0.4) is 0 Å². The Hall–Kier alpha value is -1.77. The summed E-state index contributed by atoms with van der Waals surface area (Å²) in [7, 11) is 0. The SMILES string of the molecule is Cc1cnc([C@H](C)Nc2nc(N[C@H](C)c3ncc(C)s3)ncc2Cl)s1. The lowest BCUT2D eigenvalue weighted by atomic mass is 10.3. The molecule has 0 saturated heterocycles. The Bertz CT molecular complexity index is 862. The van der Waals surface area contributed by atoms with Gasteiger partial charge >= 0.3 is 0 Å². The van der Waals surface area contributed by atoms with Crippen LogP contribution in [0.5, 0.6) is 0 Å². The number of nitrogens with one attached hydrogen (secondary N) is 2. The molecule has 3 aromatic heterocycles. The second-order valence-electron chi connectivity index (χ2n) is 5.74. The molecular weight excluding hydrogens is 376 g/mol. The zero-order chi connectivity index (χ0) is 18.0. The third-order valence-electron chi connectivity index (χ3n) is 3.46. The van der Waals surface area contributed by atoms with Crippen molar-refractivity contribution in [1.29, 1.82) is 0 Å². The standard InChI is InChI=1S/C16H19ClN6S2/c1-8-5-18-14(24-8)10(3)21-13-12(17)7-20-16(23-13)22-11(4)15-19-6-9(2)25-15/h5-7,10-11H,1-4H3,(H2,20,21,22,23)/t10-,11+/m0/s1. The Labute approximate surface area is 159 Å². The predicted molar refractivity (Wildman–Crippen MR) is 105 cm³/mol. The quantitative estimate of drug-likeness (QED) is 0.612. The van der Waals surface area contributed by atoms with Crippen molar-refractivity contribution in [3.63, 3.8) is 0 Å². The first-order chi connectivity index (χ1) is 11.9. The number of thiazole rings is 2. The fourth-order valence-corrected chi connectivity index (χ4v) is 3.90. The summed E-state index contributed by atoms with van der Waals surface area (Å²) in [6, 6.07) is 0.0322. The van der Waals surface area contributed by atoms with Crippen LogP contribution in [-0.2, 0) is 0 Å². The number of nitrogens with zero attached hydrogens (tertiary/aromatic N) is 4. The Balaban J connectivity index is 1.73. The van der Waals surface area contributed by atoms with E-state index in [2.05, 4.69) is 30.6 Å². The normalized spacial score (nSPS) is 13.5. The van der Waals surface area contributed by atoms with Gasteiger partial charge in [0, 0.05) is 22.1 Å². The van der Waals surface area contributed by atoms with Crippen LogP contribution in [-0.4, -0.2) is 19.9 Å². The molecule has 25 heavy (non-hydrogen) atoms. The number of aryl methyl sites for hydroxylation is 2. The van der Waals surface area contributed by atoms with Crippen molar-refractivity contribution < 1.29 is 0 Å². The van der Waals surface area contributed by atoms with E-state index in [4.69, 9.17) is 11.6 Å². The maximum absolute atomic E-state index is 6.25. The molecule has 3 heterocycles. The Morgan fingerprint density at radius 3 is 1.96 bits per heavy atom. The van der Waals surface area contributed by atoms with E-state index in [1.807, 2.05) is 40.1 Å². The molecule has 0 unspecified atom stereocenters. The molecule has 0 amide bonds. The van der Waals surface area contributed by atoms with Crippen LogP contribution in [0.2, 0.25) is 5.02 Å². The summed E-state index contributed by atoms with van der Waals surface area (Å²) >= 11 is 9.55. The molecule has 0 aliphatic heterocycles. The van der Waals surface area contributed by atoms with Crippen LogP contribution in [0.15, 0.2) is 18.6 Å². The summed E-state index contributed by atoms with van der Waals surface area (Å²) in [5, 5.41) is 9.05. The minimum absolute atomic E-state index is 0.0120. The fraction of sp³-hybridized carbons (Fsp3) is 0.375. The molecule has 0 bridgehead atoms. The maximum atomic E-state index is 6.25. The molecule has 0 aliphatic carbocycles. The van der Waals surface area contributed by atoms with E-state index in [-0.39, 0.29) is 12.1 Å². The summed E-state index contributed by atoms with van der Waals surface area (Å²) < 4.78 is 0. The minimum atomic E-state index is 0.0120. The van der Waals surface area contributed by atoms with Crippen LogP contribution in [0, 0.1) is 13.8 Å². The molecule has 2 N–H and O–H groups in total. The molecule has 9 heteroatoms. The Kier molecular flexibility index (Phi) is 5.51. The lowest BCUT2D eigenvalue weighted by Gasteiger charge is -2.15. The van der Waals surface area contributed by atoms with Crippen LogP contribution in [0.1, 0.15) is 45.7 Å². The fourth-order valence-electron chi connectivity index (χ4n) is 2.20. The molecule has 0 saturated carbocycles. The second kappa shape index (κ2) is 7.63. The smallest absolute Gasteiger partial charge is 0.225 e. The van der Waals surface area contributed by atoms with E-state index >= 15 is 0 Å². The maximum Gasteiger partial charge on any atom is 0.225 e. The van der Waals surface area contributed by atoms with E-state index in [1.165, 1.54) is 9.75 Å². The highest BCUT2D eigenvalue weighted by Crippen LogP contribution is 2.28. The molecule has 6 nitrogen and oxygen atoms in total. The van der Waals surface area contributed by atoms with Gasteiger partial charge in [-0.25, -0.2) is 15.0 Å². The summed E-state index contributed by atoms with van der Waals surface area (Å²) in [6.07, 6.45) is 5.33. The van der Waals surface area contributed by atoms with E-state index in [9.17, 15) is 0 Å². The van der Waals surface area contributed by atoms with Crippen molar-refractivity contribution in [2.24, 2.45) is 0 Å². The Morgan fingerprint density at radius 1 is 0.880 bits per heavy atom. The van der Waals surface area contributed by atoms with Crippen LogP contribution >= 0.6 is 34.3 Å². The molecule has 3 aromatic rings. The van der Waals surface area contributed by atoms with E-state index in [0.29, 0.717) is 16.8 Å². The van der Waals surface area contributed by atoms with Crippen molar-refractivity contribution >= 4 is 46.0 Å². The number of hydrogen-bond acceptors (Lipinski definition) is 8. The van der Waals surface area contributed by atoms with Gasteiger partial charge in [-0.05, 0) is 27.7 Å². The van der Waals surface area contributed by atoms with Gasteiger partial charge in [0.15, 0.2) is 5.82 Å². The Morgan fingerprint density at radius 2 is 1.44 bits per heavy atom. The lowest BCUT2D eigenvalue weighted by molar-refractivity contribution is 0.836. The molecule has 0 aromatic carbocycles. The molecule has 0 aliphatic rings. The topological polar surface area (TPSA) is 75.6 Å². The van der Waals surface area contributed by atoms with Crippen LogP contribution in [0.25, 0.3) is 0 Å². The van der Waals surface area contributed by atoms with E-state index in [0.717, 1.165) is 10.0 Å². The van der Waals surface area contributed by atoms with Gasteiger partial charge in [0.1, 0.15) is 15.0 Å². The van der Waals surface area contributed by atoms with Crippen molar-refractivity contribution in [2.75, 3.05) is 10.6 Å². The lowest BCUT2D eigenvalue weighted by Crippen LogP contribution is -2.12. The summed E-state index contributed by atoms with van der Waals surface area (Å²) in [4.78, 5) is 19.9. The van der Waals surface area contributed by atoms with Gasteiger partial charge in [-0.15, -0.1) is 22.7 Å². The summed E-state index contributed by atoms with van der Waals surface area (Å²) in [5.41, 5.74) is 0. The molecule has 0 fully saturated rings. The highest BCUT2D eigenvalue weighted by atomic mass is 35.5. The summed E-state index contributed by atoms with van der Waals surface area (Å²) in [6.45, 7) is 8.14. The van der Waals surface area contributed by atoms with Gasteiger partial charge < -0.3 is 10.6 Å². The van der Waals surface area contributed by atoms with E-state index < -0.39 is 0 Å². The van der Waals surface area contributed by atoms with Gasteiger partial charge in [0.05, 0.1) is 18.3 Å². The zero-order valence-electron chi connectivity index (χ0n) is 14.4. The number of rotatable bonds is 6. The van der Waals surface area contributed by atoms with Crippen LogP contribution in [0.4, 0.5) is 11.8 Å². The first kappa shape index (κ1) is 18.0. The molecule has 0 radical (unpaired) electrons. The zero-order valence-corrected chi connectivity index (χ0v) is 16.8. The third kappa shape index (κ3) is 4.45. The molecule has 0 spiro atoms. The van der Waals surface area contributed by atoms with Crippen LogP contribution < -0.4 is 10.6 Å². The minimum Gasteiger partial charge on any atom is -0.360 e. The van der Waals surface area contributed by atoms with Crippen molar-refractivity contribution in [2.45, 2.75) is 39.8 Å². The highest BCUT2D eigenvalue weighted by Gasteiger charge is 2.15. The summed E-state index contributed by atoms with van der Waals surface area (Å²) in [5.74, 6) is 1.09. The van der Waals surface area contributed by atoms with E-state index in [1.54, 1.807) is 28.9 Å². The number of halogens is 1. The van der Waals surface area contributed by atoms with Gasteiger partial charge in [0.25, 0.3) is 0 Å². The molecule has 2 atom stereocenters. The van der Waals surface area contributed by atoms with Crippen molar-refractivity contribution in [1.82, 2.24) is 19.9 Å². The molecule has 3 rings (SSSR count). The van der Waals surface area contributed by atoms with Gasteiger partial charge in [0.2, 0.25) is 5.95 Å². The van der Waals surface area contributed by atoms with Gasteiger partial charge in [-0.2, -0.15) is 4.98 Å².